The smallest absolute Gasteiger partial charge is 0.328 e. The van der Waals surface area contributed by atoms with Crippen molar-refractivity contribution in [2.24, 2.45) is 0 Å². The van der Waals surface area contributed by atoms with Crippen molar-refractivity contribution in [3.63, 3.8) is 0 Å². The van der Waals surface area contributed by atoms with Crippen molar-refractivity contribution in [2.45, 2.75) is 36.7 Å². The molecule has 5 atom stereocenters. The molecule has 24 heavy (non-hydrogen) atoms. The highest BCUT2D eigenvalue weighted by molar-refractivity contribution is 5.09. The summed E-state index contributed by atoms with van der Waals surface area (Å²) in [7, 11) is 0. The summed E-state index contributed by atoms with van der Waals surface area (Å²) in [6.45, 7) is -1.42. The number of alkyl halides is 1. The lowest BCUT2D eigenvalue weighted by molar-refractivity contribution is -0.392. The molecule has 2 heterocycles. The maximum atomic E-state index is 12.9. The number of aliphatic hydroxyl groups excluding tert-OH is 2. The Morgan fingerprint density at radius 3 is 2.62 bits per heavy atom. The van der Waals surface area contributed by atoms with Gasteiger partial charge in [-0.15, -0.1) is 5.06 Å². The number of ether oxygens (including phenoxy) is 1. The highest BCUT2D eigenvalue weighted by atomic mass is 19.1. The molecular formula is C12H18FN3O8. The minimum atomic E-state index is -3.11. The third-order valence-electron chi connectivity index (χ3n) is 4.14. The van der Waals surface area contributed by atoms with Crippen LogP contribution in [0.2, 0.25) is 0 Å². The quantitative estimate of drug-likeness (QED) is 0.182. The number of hydroxylamine groups is 2. The fourth-order valence-corrected chi connectivity index (χ4v) is 2.75. The molecule has 1 aromatic heterocycles. The van der Waals surface area contributed by atoms with Crippen LogP contribution in [0.25, 0.3) is 0 Å². The molecule has 1 aliphatic rings. The van der Waals surface area contributed by atoms with Gasteiger partial charge in [-0.2, -0.15) is 0 Å². The lowest BCUT2D eigenvalue weighted by Gasteiger charge is -2.43. The predicted octanol–water partition coefficient (Wildman–Crippen LogP) is -3.15. The molecule has 1 fully saturated rings. The van der Waals surface area contributed by atoms with Crippen molar-refractivity contribution in [1.29, 1.82) is 0 Å². The van der Waals surface area contributed by atoms with E-state index >= 15 is 0 Å². The third-order valence-corrected chi connectivity index (χ3v) is 4.14. The molecule has 1 aromatic rings. The van der Waals surface area contributed by atoms with E-state index < -0.39 is 59.5 Å². The van der Waals surface area contributed by atoms with Gasteiger partial charge >= 0.3 is 5.69 Å². The average Bonchev–Trinajstić information content (AvgIpc) is 2.76. The number of halogens is 1. The summed E-state index contributed by atoms with van der Waals surface area (Å²) in [6, 6.07) is -0.569. The van der Waals surface area contributed by atoms with E-state index in [1.165, 1.54) is 0 Å². The first-order valence-electron chi connectivity index (χ1n) is 6.89. The number of H-pyrrole nitrogens is 1. The predicted molar refractivity (Wildman–Crippen MR) is 73.5 cm³/mol. The van der Waals surface area contributed by atoms with Crippen LogP contribution < -0.4 is 11.2 Å². The first-order chi connectivity index (χ1) is 11.1. The molecule has 0 spiro atoms. The summed E-state index contributed by atoms with van der Waals surface area (Å²) >= 11 is 0. The molecule has 0 radical (unpaired) electrons. The van der Waals surface area contributed by atoms with Crippen LogP contribution in [0.3, 0.4) is 0 Å². The van der Waals surface area contributed by atoms with Gasteiger partial charge in [0.2, 0.25) is 11.5 Å². The number of rotatable bonds is 5. The maximum Gasteiger partial charge on any atom is 0.328 e. The molecule has 0 saturated carbocycles. The molecule has 0 bridgehead atoms. The van der Waals surface area contributed by atoms with Gasteiger partial charge in [-0.3, -0.25) is 14.3 Å². The van der Waals surface area contributed by atoms with E-state index in [1.54, 1.807) is 0 Å². The number of hydrogen-bond acceptors (Lipinski definition) is 9. The zero-order valence-corrected chi connectivity index (χ0v) is 12.5. The van der Waals surface area contributed by atoms with Gasteiger partial charge in [-0.05, 0) is 6.92 Å². The monoisotopic (exact) mass is 351 g/mol. The standard InChI is InChI=1S/C12H18FN3O8/c1-6(15-3-2-8(18)14-10(15)20)12(22)11(21,16(23)5-13)9(19)7(4-17)24-12/h2-3,6-7,9,17,19,21-23H,4-5H2,1H3,(H,14,18,20)/t6?,7-,9-,11-,12-/m1/s1. The van der Waals surface area contributed by atoms with Crippen LogP contribution in [-0.4, -0.2) is 77.4 Å². The van der Waals surface area contributed by atoms with Gasteiger partial charge in [0.25, 0.3) is 5.56 Å². The molecule has 11 nitrogen and oxygen atoms in total. The largest absolute Gasteiger partial charge is 0.394 e. The Balaban J connectivity index is 2.58. The van der Waals surface area contributed by atoms with E-state index in [1.807, 2.05) is 4.98 Å². The third kappa shape index (κ3) is 2.48. The van der Waals surface area contributed by atoms with Crippen molar-refractivity contribution in [1.82, 2.24) is 14.6 Å². The zero-order chi connectivity index (χ0) is 18.3. The second kappa shape index (κ2) is 6.33. The van der Waals surface area contributed by atoms with E-state index in [9.17, 15) is 39.6 Å². The Morgan fingerprint density at radius 1 is 1.50 bits per heavy atom. The fraction of sp³-hybridized carbons (Fsp3) is 0.667. The van der Waals surface area contributed by atoms with Crippen LogP contribution in [0.15, 0.2) is 21.9 Å². The van der Waals surface area contributed by atoms with Crippen molar-refractivity contribution in [3.05, 3.63) is 33.1 Å². The lowest BCUT2D eigenvalue weighted by atomic mass is 9.91. The SMILES string of the molecule is CC(n1ccc(=O)[nH]c1=O)[C@@]1(O)O[C@H](CO)[C@@H](O)[C@]1(O)N(O)CF. The molecule has 1 unspecified atom stereocenters. The van der Waals surface area contributed by atoms with Gasteiger partial charge in [-0.1, -0.05) is 0 Å². The van der Waals surface area contributed by atoms with E-state index in [0.29, 0.717) is 0 Å². The first-order valence-corrected chi connectivity index (χ1v) is 6.89. The van der Waals surface area contributed by atoms with Crippen LogP contribution in [0, 0.1) is 0 Å². The van der Waals surface area contributed by atoms with E-state index in [-0.39, 0.29) is 0 Å². The van der Waals surface area contributed by atoms with E-state index in [2.05, 4.69) is 0 Å². The normalized spacial score (nSPS) is 34.7. The number of aromatic amines is 1. The Morgan fingerprint density at radius 2 is 2.12 bits per heavy atom. The highest BCUT2D eigenvalue weighted by Gasteiger charge is 2.70. The summed E-state index contributed by atoms with van der Waals surface area (Å²) < 4.78 is 18.7. The lowest BCUT2D eigenvalue weighted by Crippen LogP contribution is -2.68. The van der Waals surface area contributed by atoms with Crippen molar-refractivity contribution in [2.75, 3.05) is 13.4 Å². The molecule has 1 saturated heterocycles. The summed E-state index contributed by atoms with van der Waals surface area (Å²) in [5.74, 6) is -2.91. The fourth-order valence-electron chi connectivity index (χ4n) is 2.75. The molecular weight excluding hydrogens is 333 g/mol. The number of nitrogens with zero attached hydrogens (tertiary/aromatic N) is 2. The van der Waals surface area contributed by atoms with Crippen LogP contribution in [0.1, 0.15) is 13.0 Å². The van der Waals surface area contributed by atoms with Crippen molar-refractivity contribution < 1.29 is 34.8 Å². The van der Waals surface area contributed by atoms with Gasteiger partial charge in [0.1, 0.15) is 12.2 Å². The van der Waals surface area contributed by atoms with Crippen LogP contribution >= 0.6 is 0 Å². The second-order valence-corrected chi connectivity index (χ2v) is 5.42. The molecule has 6 N–H and O–H groups in total. The van der Waals surface area contributed by atoms with Gasteiger partial charge in [0, 0.05) is 12.3 Å². The summed E-state index contributed by atoms with van der Waals surface area (Å²) in [5, 5.41) is 49.7. The summed E-state index contributed by atoms with van der Waals surface area (Å²) in [5.41, 5.74) is -4.82. The van der Waals surface area contributed by atoms with Gasteiger partial charge in [-0.25, -0.2) is 9.18 Å². The molecule has 1 aliphatic heterocycles. The highest BCUT2D eigenvalue weighted by Crippen LogP contribution is 2.45. The van der Waals surface area contributed by atoms with Gasteiger partial charge in [0.15, 0.2) is 6.80 Å². The minimum Gasteiger partial charge on any atom is -0.394 e. The second-order valence-electron chi connectivity index (χ2n) is 5.42. The molecule has 12 heteroatoms. The summed E-state index contributed by atoms with van der Waals surface area (Å²) in [4.78, 5) is 24.9. The van der Waals surface area contributed by atoms with Crippen LogP contribution in [-0.2, 0) is 4.74 Å². The van der Waals surface area contributed by atoms with E-state index in [0.717, 1.165) is 23.8 Å². The number of aromatic nitrogens is 2. The molecule has 2 rings (SSSR count). The van der Waals surface area contributed by atoms with Crippen LogP contribution in [0.5, 0.6) is 0 Å². The number of nitrogens with one attached hydrogen (secondary N) is 1. The number of hydrogen-bond donors (Lipinski definition) is 6. The first kappa shape index (κ1) is 18.7. The molecule has 0 aliphatic carbocycles. The van der Waals surface area contributed by atoms with E-state index in [4.69, 9.17) is 4.74 Å². The Kier molecular flexibility index (Phi) is 4.92. The Labute approximate surface area is 133 Å². The molecule has 0 amide bonds. The Hall–Kier alpha value is -1.67. The average molecular weight is 351 g/mol. The van der Waals surface area contributed by atoms with Gasteiger partial charge in [0.05, 0.1) is 12.6 Å². The van der Waals surface area contributed by atoms with Crippen molar-refractivity contribution in [3.8, 4) is 0 Å². The molecule has 0 aromatic carbocycles. The van der Waals surface area contributed by atoms with Crippen molar-refractivity contribution >= 4 is 0 Å². The topological polar surface area (TPSA) is 168 Å². The molecule has 136 valence electrons. The maximum absolute atomic E-state index is 12.9. The number of aliphatic hydroxyl groups is 4. The zero-order valence-electron chi connectivity index (χ0n) is 12.5. The minimum absolute atomic E-state index is 0.402. The Bertz CT molecular complexity index is 710. The summed E-state index contributed by atoms with van der Waals surface area (Å²) in [6.07, 6.45) is -2.72. The van der Waals surface area contributed by atoms with Crippen LogP contribution in [0.4, 0.5) is 4.39 Å². The van der Waals surface area contributed by atoms with Gasteiger partial charge < -0.3 is 30.4 Å².